The van der Waals surface area contributed by atoms with Gasteiger partial charge in [0.15, 0.2) is 0 Å². The fourth-order valence-electron chi connectivity index (χ4n) is 8.50. The average molecular weight is 709 g/mol. The van der Waals surface area contributed by atoms with Crippen LogP contribution in [0.1, 0.15) is 61.4 Å². The number of fused-ring (bicyclic) bond motifs is 6. The van der Waals surface area contributed by atoms with Gasteiger partial charge >= 0.3 is 0 Å². The highest BCUT2D eigenvalue weighted by Crippen LogP contribution is 2.49. The molecule has 0 amide bonds. The Labute approximate surface area is 324 Å². The molecule has 9 rings (SSSR count). The molecule has 0 spiro atoms. The molecule has 0 bridgehead atoms. The van der Waals surface area contributed by atoms with E-state index >= 15 is 0 Å². The highest BCUT2D eigenvalue weighted by atomic mass is 15.0. The lowest BCUT2D eigenvalue weighted by Gasteiger charge is -2.22. The standard InChI is InChI=1S/C53H44N2/c1-5-15-41(39-28-31-43(32-29-39)55-51-22-13-10-19-46(51)47-20-11-14-23-52(47)55)35-50(54-36(2)37-16-7-6-8-17-37)40-26-24-38(25-27-40)42-30-33-45-44-18-9-12-21-48(44)53(3,4)49(45)34-42/h6-14,16-35H,2,5,15H2,1,3-4H3/b41-35+,54-50?. The third-order valence-corrected chi connectivity index (χ3v) is 11.4. The van der Waals surface area contributed by atoms with Gasteiger partial charge in [-0.1, -0.05) is 173 Å². The quantitative estimate of drug-likeness (QED) is 0.133. The Bertz CT molecular complexity index is 2720. The van der Waals surface area contributed by atoms with Crippen LogP contribution in [0.3, 0.4) is 0 Å². The highest BCUT2D eigenvalue weighted by molar-refractivity contribution is 6.14. The van der Waals surface area contributed by atoms with E-state index in [2.05, 4.69) is 190 Å². The Morgan fingerprint density at radius 2 is 1.16 bits per heavy atom. The van der Waals surface area contributed by atoms with Gasteiger partial charge in [-0.2, -0.15) is 0 Å². The topological polar surface area (TPSA) is 17.3 Å². The summed E-state index contributed by atoms with van der Waals surface area (Å²) in [5.41, 5.74) is 17.6. The molecule has 0 unspecified atom stereocenters. The molecule has 0 atom stereocenters. The van der Waals surface area contributed by atoms with Gasteiger partial charge in [0.05, 0.1) is 22.4 Å². The lowest BCUT2D eigenvalue weighted by molar-refractivity contribution is 0.660. The van der Waals surface area contributed by atoms with Gasteiger partial charge in [-0.3, -0.25) is 0 Å². The summed E-state index contributed by atoms with van der Waals surface area (Å²) in [6.45, 7) is 11.3. The maximum Gasteiger partial charge on any atom is 0.0712 e. The van der Waals surface area contributed by atoms with E-state index in [0.717, 1.165) is 41.1 Å². The third kappa shape index (κ3) is 6.14. The Morgan fingerprint density at radius 3 is 1.85 bits per heavy atom. The molecular weight excluding hydrogens is 665 g/mol. The van der Waals surface area contributed by atoms with Crippen molar-refractivity contribution in [1.82, 2.24) is 4.57 Å². The largest absolute Gasteiger partial charge is 0.309 e. The van der Waals surface area contributed by atoms with Gasteiger partial charge in [-0.05, 0) is 92.9 Å². The molecule has 1 aromatic heterocycles. The van der Waals surface area contributed by atoms with Crippen LogP contribution in [0.25, 0.3) is 61.0 Å². The smallest absolute Gasteiger partial charge is 0.0712 e. The maximum absolute atomic E-state index is 5.22. The summed E-state index contributed by atoms with van der Waals surface area (Å²) in [4.78, 5) is 5.22. The number of allylic oxidation sites excluding steroid dienone is 2. The van der Waals surface area contributed by atoms with Gasteiger partial charge < -0.3 is 4.57 Å². The SMILES string of the molecule is C=C(N=C(/C=C(\CCC)c1ccc(-n2c3ccccc3c3ccccc32)cc1)c1ccc(-c2ccc3c(c2)C(C)(C)c2ccccc2-3)cc1)c1ccccc1. The number of nitrogens with zero attached hydrogens (tertiary/aromatic N) is 2. The number of aromatic nitrogens is 1. The molecular formula is C53H44N2. The van der Waals surface area contributed by atoms with Crippen LogP contribution in [-0.2, 0) is 5.41 Å². The van der Waals surface area contributed by atoms with Crippen LogP contribution in [0.4, 0.5) is 0 Å². The fraction of sp³-hybridized carbons (Fsp3) is 0.113. The van der Waals surface area contributed by atoms with Crippen LogP contribution in [0.15, 0.2) is 188 Å². The lowest BCUT2D eigenvalue weighted by Crippen LogP contribution is -2.14. The summed E-state index contributed by atoms with van der Waals surface area (Å²) in [6.07, 6.45) is 4.22. The lowest BCUT2D eigenvalue weighted by atomic mass is 9.81. The predicted molar refractivity (Wildman–Crippen MR) is 235 cm³/mol. The van der Waals surface area contributed by atoms with E-state index in [4.69, 9.17) is 4.99 Å². The Morgan fingerprint density at radius 1 is 0.582 bits per heavy atom. The van der Waals surface area contributed by atoms with Crippen molar-refractivity contribution in [2.45, 2.75) is 39.0 Å². The van der Waals surface area contributed by atoms with E-state index < -0.39 is 0 Å². The second-order valence-electron chi connectivity index (χ2n) is 15.2. The van der Waals surface area contributed by atoms with Crippen LogP contribution in [0.2, 0.25) is 0 Å². The summed E-state index contributed by atoms with van der Waals surface area (Å²) in [6, 6.07) is 61.3. The molecule has 0 N–H and O–H groups in total. The Kier molecular flexibility index (Phi) is 8.75. The van der Waals surface area contributed by atoms with E-state index in [9.17, 15) is 0 Å². The van der Waals surface area contributed by atoms with Crippen molar-refractivity contribution in [2.75, 3.05) is 0 Å². The van der Waals surface area contributed by atoms with Crippen LogP contribution < -0.4 is 0 Å². The van der Waals surface area contributed by atoms with E-state index in [1.807, 2.05) is 18.2 Å². The maximum atomic E-state index is 5.22. The van der Waals surface area contributed by atoms with Crippen molar-refractivity contribution in [3.05, 3.63) is 210 Å². The summed E-state index contributed by atoms with van der Waals surface area (Å²) < 4.78 is 2.37. The molecule has 0 saturated heterocycles. The number of hydrogen-bond donors (Lipinski definition) is 0. The summed E-state index contributed by atoms with van der Waals surface area (Å²) >= 11 is 0. The van der Waals surface area contributed by atoms with Gasteiger partial charge in [0.2, 0.25) is 0 Å². The molecule has 7 aromatic carbocycles. The molecule has 1 aliphatic rings. The molecule has 55 heavy (non-hydrogen) atoms. The van der Waals surface area contributed by atoms with E-state index in [-0.39, 0.29) is 5.41 Å². The number of para-hydroxylation sites is 2. The van der Waals surface area contributed by atoms with Crippen molar-refractivity contribution in [1.29, 1.82) is 0 Å². The number of aliphatic imine (C=N–C) groups is 1. The second kappa shape index (κ2) is 14.0. The van der Waals surface area contributed by atoms with Crippen LogP contribution in [-0.4, -0.2) is 10.3 Å². The first kappa shape index (κ1) is 34.3. The molecule has 1 aliphatic carbocycles. The van der Waals surface area contributed by atoms with Crippen molar-refractivity contribution in [3.63, 3.8) is 0 Å². The fourth-order valence-corrected chi connectivity index (χ4v) is 8.50. The highest BCUT2D eigenvalue weighted by Gasteiger charge is 2.35. The molecule has 2 heteroatoms. The molecule has 0 aliphatic heterocycles. The molecule has 0 fully saturated rings. The van der Waals surface area contributed by atoms with Gasteiger partial charge in [-0.15, -0.1) is 0 Å². The molecule has 8 aromatic rings. The predicted octanol–water partition coefficient (Wildman–Crippen LogP) is 14.1. The van der Waals surface area contributed by atoms with Gasteiger partial charge in [0.1, 0.15) is 0 Å². The van der Waals surface area contributed by atoms with Crippen LogP contribution >= 0.6 is 0 Å². The number of rotatable bonds is 9. The van der Waals surface area contributed by atoms with Crippen molar-refractivity contribution in [3.8, 4) is 27.9 Å². The van der Waals surface area contributed by atoms with Crippen molar-refractivity contribution < 1.29 is 0 Å². The number of hydrogen-bond acceptors (Lipinski definition) is 1. The zero-order valence-corrected chi connectivity index (χ0v) is 31.8. The molecule has 0 saturated carbocycles. The normalized spacial score (nSPS) is 13.6. The molecule has 0 radical (unpaired) electrons. The zero-order valence-electron chi connectivity index (χ0n) is 31.8. The Hall–Kier alpha value is -6.51. The van der Waals surface area contributed by atoms with Crippen molar-refractivity contribution >= 4 is 38.8 Å². The number of benzene rings is 7. The van der Waals surface area contributed by atoms with E-state index in [1.54, 1.807) is 0 Å². The monoisotopic (exact) mass is 708 g/mol. The van der Waals surface area contributed by atoms with Crippen LogP contribution in [0, 0.1) is 0 Å². The average Bonchev–Trinajstić information content (AvgIpc) is 3.69. The van der Waals surface area contributed by atoms with Gasteiger partial charge in [0, 0.05) is 27.4 Å². The first-order valence-electron chi connectivity index (χ1n) is 19.4. The minimum atomic E-state index is -0.0400. The third-order valence-electron chi connectivity index (χ3n) is 11.4. The zero-order chi connectivity index (χ0) is 37.5. The summed E-state index contributed by atoms with van der Waals surface area (Å²) in [5, 5.41) is 2.54. The minimum Gasteiger partial charge on any atom is -0.309 e. The minimum absolute atomic E-state index is 0.0400. The molecule has 1 heterocycles. The van der Waals surface area contributed by atoms with E-state index in [0.29, 0.717) is 0 Å². The summed E-state index contributed by atoms with van der Waals surface area (Å²) in [5.74, 6) is 0. The van der Waals surface area contributed by atoms with Gasteiger partial charge in [0.25, 0.3) is 0 Å². The van der Waals surface area contributed by atoms with Crippen molar-refractivity contribution in [2.24, 2.45) is 4.99 Å². The first-order valence-corrected chi connectivity index (χ1v) is 19.4. The summed E-state index contributed by atoms with van der Waals surface area (Å²) in [7, 11) is 0. The second-order valence-corrected chi connectivity index (χ2v) is 15.2. The van der Waals surface area contributed by atoms with E-state index in [1.165, 1.54) is 66.3 Å². The van der Waals surface area contributed by atoms with Gasteiger partial charge in [-0.25, -0.2) is 4.99 Å². The molecule has 2 nitrogen and oxygen atoms in total. The molecule has 266 valence electrons. The Balaban J connectivity index is 1.09. The first-order chi connectivity index (χ1) is 26.9. The van der Waals surface area contributed by atoms with Crippen LogP contribution in [0.5, 0.6) is 0 Å².